The fourth-order valence-corrected chi connectivity index (χ4v) is 3.13. The number of hydrogen-bond donors (Lipinski definition) is 2. The van der Waals surface area contributed by atoms with E-state index >= 15 is 0 Å². The molecule has 0 radical (unpaired) electrons. The lowest BCUT2D eigenvalue weighted by atomic mass is 10.2. The van der Waals surface area contributed by atoms with Gasteiger partial charge in [-0.05, 0) is 36.1 Å². The minimum absolute atomic E-state index is 0.178. The molecule has 0 bridgehead atoms. The SMILES string of the molecule is Cc1cscc1C(=O)Nc1cc(F)ccc1S(N)(=O)=O. The van der Waals surface area contributed by atoms with Crippen LogP contribution in [-0.4, -0.2) is 14.3 Å². The molecule has 0 aliphatic rings. The van der Waals surface area contributed by atoms with Crippen molar-refractivity contribution in [1.29, 1.82) is 0 Å². The first-order valence-electron chi connectivity index (χ1n) is 5.45. The number of nitrogens with one attached hydrogen (secondary N) is 1. The highest BCUT2D eigenvalue weighted by Gasteiger charge is 2.18. The van der Waals surface area contributed by atoms with Gasteiger partial charge in [-0.1, -0.05) is 0 Å². The minimum Gasteiger partial charge on any atom is -0.321 e. The van der Waals surface area contributed by atoms with Crippen LogP contribution in [0.2, 0.25) is 0 Å². The molecular formula is C12H11FN2O3S2. The van der Waals surface area contributed by atoms with Gasteiger partial charge in [-0.3, -0.25) is 4.79 Å². The van der Waals surface area contributed by atoms with Gasteiger partial charge < -0.3 is 5.32 Å². The number of benzene rings is 1. The van der Waals surface area contributed by atoms with Gasteiger partial charge in [-0.15, -0.1) is 0 Å². The van der Waals surface area contributed by atoms with Gasteiger partial charge in [0.25, 0.3) is 5.91 Å². The lowest BCUT2D eigenvalue weighted by Crippen LogP contribution is -2.18. The van der Waals surface area contributed by atoms with Crippen molar-refractivity contribution in [3.8, 4) is 0 Å². The summed E-state index contributed by atoms with van der Waals surface area (Å²) in [6.07, 6.45) is 0. The minimum atomic E-state index is -4.05. The lowest BCUT2D eigenvalue weighted by molar-refractivity contribution is 0.102. The molecular weight excluding hydrogens is 303 g/mol. The largest absolute Gasteiger partial charge is 0.321 e. The number of thiophene rings is 1. The summed E-state index contributed by atoms with van der Waals surface area (Å²) in [4.78, 5) is 11.7. The maximum atomic E-state index is 13.2. The van der Waals surface area contributed by atoms with E-state index in [-0.39, 0.29) is 10.6 Å². The molecule has 2 aromatic rings. The van der Waals surface area contributed by atoms with Crippen molar-refractivity contribution in [3.63, 3.8) is 0 Å². The monoisotopic (exact) mass is 314 g/mol. The number of rotatable bonds is 3. The third-order valence-corrected chi connectivity index (χ3v) is 4.43. The molecule has 1 aromatic carbocycles. The van der Waals surface area contributed by atoms with Crippen LogP contribution in [0.25, 0.3) is 0 Å². The predicted molar refractivity (Wildman–Crippen MR) is 74.8 cm³/mol. The third kappa shape index (κ3) is 3.03. The molecule has 20 heavy (non-hydrogen) atoms. The summed E-state index contributed by atoms with van der Waals surface area (Å²) in [5.41, 5.74) is 0.976. The molecule has 5 nitrogen and oxygen atoms in total. The predicted octanol–water partition coefficient (Wildman–Crippen LogP) is 2.10. The van der Waals surface area contributed by atoms with Crippen LogP contribution in [0, 0.1) is 12.7 Å². The Hall–Kier alpha value is -1.77. The van der Waals surface area contributed by atoms with Crippen LogP contribution >= 0.6 is 11.3 Å². The normalized spacial score (nSPS) is 11.3. The molecule has 0 fully saturated rings. The lowest BCUT2D eigenvalue weighted by Gasteiger charge is -2.09. The van der Waals surface area contributed by atoms with Gasteiger partial charge in [-0.25, -0.2) is 17.9 Å². The molecule has 2 rings (SSSR count). The first-order valence-corrected chi connectivity index (χ1v) is 7.94. The van der Waals surface area contributed by atoms with Crippen molar-refractivity contribution in [2.45, 2.75) is 11.8 Å². The zero-order valence-corrected chi connectivity index (χ0v) is 12.0. The fourth-order valence-electron chi connectivity index (χ4n) is 1.63. The first kappa shape index (κ1) is 14.6. The highest BCUT2D eigenvalue weighted by atomic mass is 32.2. The van der Waals surface area contributed by atoms with Gasteiger partial charge in [-0.2, -0.15) is 11.3 Å². The van der Waals surface area contributed by atoms with E-state index in [0.717, 1.165) is 23.8 Å². The average Bonchev–Trinajstić information content (AvgIpc) is 2.73. The Labute approximate surface area is 119 Å². The average molecular weight is 314 g/mol. The number of carbonyl (C=O) groups is 1. The molecule has 0 spiro atoms. The molecule has 0 atom stereocenters. The standard InChI is InChI=1S/C12H11FN2O3S2/c1-7-5-19-6-9(7)12(16)15-10-4-8(13)2-3-11(10)20(14,17)18/h2-6H,1H3,(H,15,16)(H2,14,17,18). The zero-order chi connectivity index (χ0) is 14.9. The molecule has 0 saturated carbocycles. The van der Waals surface area contributed by atoms with E-state index in [9.17, 15) is 17.6 Å². The number of primary sulfonamides is 1. The number of aryl methyl sites for hydroxylation is 1. The van der Waals surface area contributed by atoms with E-state index in [1.807, 2.05) is 0 Å². The molecule has 1 heterocycles. The maximum absolute atomic E-state index is 13.2. The molecule has 0 aliphatic heterocycles. The summed E-state index contributed by atoms with van der Waals surface area (Å²) in [5, 5.41) is 10.8. The highest BCUT2D eigenvalue weighted by molar-refractivity contribution is 7.89. The van der Waals surface area contributed by atoms with Gasteiger partial charge >= 0.3 is 0 Å². The van der Waals surface area contributed by atoms with E-state index < -0.39 is 21.7 Å². The summed E-state index contributed by atoms with van der Waals surface area (Å²) >= 11 is 1.34. The van der Waals surface area contributed by atoms with E-state index in [0.29, 0.717) is 5.56 Å². The number of sulfonamides is 1. The molecule has 0 saturated heterocycles. The van der Waals surface area contributed by atoms with Crippen LogP contribution in [-0.2, 0) is 10.0 Å². The van der Waals surface area contributed by atoms with Crippen LogP contribution in [0.4, 0.5) is 10.1 Å². The van der Waals surface area contributed by atoms with Gasteiger partial charge in [0, 0.05) is 5.38 Å². The number of anilines is 1. The van der Waals surface area contributed by atoms with E-state index in [1.54, 1.807) is 17.7 Å². The van der Waals surface area contributed by atoms with Crippen LogP contribution in [0.5, 0.6) is 0 Å². The van der Waals surface area contributed by atoms with Crippen molar-refractivity contribution >= 4 is 33.0 Å². The molecule has 1 aromatic heterocycles. The smallest absolute Gasteiger partial charge is 0.256 e. The topological polar surface area (TPSA) is 89.3 Å². The molecule has 0 unspecified atom stereocenters. The van der Waals surface area contributed by atoms with E-state index in [2.05, 4.69) is 5.32 Å². The van der Waals surface area contributed by atoms with Crippen molar-refractivity contribution in [3.05, 3.63) is 45.9 Å². The van der Waals surface area contributed by atoms with Gasteiger partial charge in [0.1, 0.15) is 10.7 Å². The van der Waals surface area contributed by atoms with E-state index in [4.69, 9.17) is 5.14 Å². The zero-order valence-electron chi connectivity index (χ0n) is 10.4. The first-order chi connectivity index (χ1) is 9.29. The Balaban J connectivity index is 2.41. The molecule has 3 N–H and O–H groups in total. The van der Waals surface area contributed by atoms with Crippen molar-refractivity contribution in [2.75, 3.05) is 5.32 Å². The van der Waals surface area contributed by atoms with Crippen LogP contribution in [0.1, 0.15) is 15.9 Å². The summed E-state index contributed by atoms with van der Waals surface area (Å²) in [7, 11) is -4.05. The summed E-state index contributed by atoms with van der Waals surface area (Å²) in [6.45, 7) is 1.75. The Bertz CT molecular complexity index is 769. The Morgan fingerprint density at radius 3 is 2.60 bits per heavy atom. The second kappa shape index (κ2) is 5.31. The molecule has 106 valence electrons. The third-order valence-electron chi connectivity index (χ3n) is 2.60. The molecule has 8 heteroatoms. The summed E-state index contributed by atoms with van der Waals surface area (Å²) in [5.74, 6) is -1.19. The van der Waals surface area contributed by atoms with Crippen LogP contribution in [0.3, 0.4) is 0 Å². The molecule has 0 aliphatic carbocycles. The van der Waals surface area contributed by atoms with Crippen molar-refractivity contribution in [1.82, 2.24) is 0 Å². The van der Waals surface area contributed by atoms with Crippen molar-refractivity contribution in [2.24, 2.45) is 5.14 Å². The van der Waals surface area contributed by atoms with Gasteiger partial charge in [0.15, 0.2) is 0 Å². The number of hydrogen-bond acceptors (Lipinski definition) is 4. The highest BCUT2D eigenvalue weighted by Crippen LogP contribution is 2.23. The second-order valence-electron chi connectivity index (χ2n) is 4.11. The van der Waals surface area contributed by atoms with E-state index in [1.165, 1.54) is 11.3 Å². The number of carbonyl (C=O) groups excluding carboxylic acids is 1. The fraction of sp³-hybridized carbons (Fsp3) is 0.0833. The van der Waals surface area contributed by atoms with Crippen LogP contribution < -0.4 is 10.5 Å². The number of nitrogens with two attached hydrogens (primary N) is 1. The summed E-state index contributed by atoms with van der Waals surface area (Å²) in [6, 6.07) is 2.89. The quantitative estimate of drug-likeness (QED) is 0.909. The van der Waals surface area contributed by atoms with Gasteiger partial charge in [0.05, 0.1) is 11.3 Å². The second-order valence-corrected chi connectivity index (χ2v) is 6.38. The number of halogens is 1. The maximum Gasteiger partial charge on any atom is 0.256 e. The van der Waals surface area contributed by atoms with Crippen molar-refractivity contribution < 1.29 is 17.6 Å². The Morgan fingerprint density at radius 1 is 1.35 bits per heavy atom. The summed E-state index contributed by atoms with van der Waals surface area (Å²) < 4.78 is 36.0. The molecule has 1 amide bonds. The number of amides is 1. The Kier molecular flexibility index (Phi) is 3.89. The van der Waals surface area contributed by atoms with Gasteiger partial charge in [0.2, 0.25) is 10.0 Å². The Morgan fingerprint density at radius 2 is 2.05 bits per heavy atom. The van der Waals surface area contributed by atoms with Crippen LogP contribution in [0.15, 0.2) is 33.9 Å².